The zero-order valence-electron chi connectivity index (χ0n) is 6.32. The molecule has 2 unspecified atom stereocenters. The summed E-state index contributed by atoms with van der Waals surface area (Å²) in [6.07, 6.45) is 4.71. The lowest BCUT2D eigenvalue weighted by Crippen LogP contribution is -2.18. The number of rotatable bonds is 0. The smallest absolute Gasteiger partial charge is 0.202 e. The highest BCUT2D eigenvalue weighted by Crippen LogP contribution is 2.43. The van der Waals surface area contributed by atoms with Crippen LogP contribution in [0.15, 0.2) is 0 Å². The van der Waals surface area contributed by atoms with Crippen molar-refractivity contribution < 1.29 is 8.42 Å². The summed E-state index contributed by atoms with van der Waals surface area (Å²) in [4.78, 5) is 0. The summed E-state index contributed by atoms with van der Waals surface area (Å²) in [7, 11) is -1.49. The Hall–Kier alpha value is 0.300. The monoisotopic (exact) mass is 192 g/mol. The number of fused-ring (bicyclic) bond motifs is 1. The third kappa shape index (κ3) is 1.56. The summed E-state index contributed by atoms with van der Waals surface area (Å²) >= 11 is 0. The fraction of sp³-hybridized carbons (Fsp3) is 1.00. The molecule has 0 amide bonds. The molecule has 0 N–H and O–H groups in total. The van der Waals surface area contributed by atoms with E-state index < -0.39 is 8.87 Å². The first kappa shape index (κ1) is 7.92. The zero-order chi connectivity index (χ0) is 7.90. The van der Waals surface area contributed by atoms with Crippen molar-refractivity contribution in [1.82, 2.24) is 0 Å². The minimum atomic E-state index is -2.71. The van der Waals surface area contributed by atoms with Gasteiger partial charge in [0.2, 0.25) is 8.87 Å². The van der Waals surface area contributed by atoms with E-state index in [4.69, 9.17) is 0 Å². The van der Waals surface area contributed by atoms with Gasteiger partial charge in [0.25, 0.3) is 0 Å². The molecule has 0 aromatic rings. The van der Waals surface area contributed by atoms with E-state index >= 15 is 0 Å². The molecule has 0 radical (unpaired) electrons. The Morgan fingerprint density at radius 3 is 2.64 bits per heavy atom. The average Bonchev–Trinajstić information content (AvgIpc) is 2.21. The molecule has 11 heavy (non-hydrogen) atoms. The second-order valence-corrected chi connectivity index (χ2v) is 7.75. The van der Waals surface area contributed by atoms with Crippen LogP contribution in [0.4, 0.5) is 0 Å². The third-order valence-electron chi connectivity index (χ3n) is 2.53. The van der Waals surface area contributed by atoms with E-state index in [1.165, 1.54) is 23.6 Å². The van der Waals surface area contributed by atoms with Gasteiger partial charge in [-0.2, -0.15) is 0 Å². The Morgan fingerprint density at radius 1 is 1.18 bits per heavy atom. The predicted molar refractivity (Wildman–Crippen MR) is 47.1 cm³/mol. The van der Waals surface area contributed by atoms with Crippen LogP contribution in [0.5, 0.6) is 0 Å². The molecule has 1 aliphatic heterocycles. The Balaban J connectivity index is 2.15. The maximum absolute atomic E-state index is 11.2. The van der Waals surface area contributed by atoms with Crippen molar-refractivity contribution in [1.29, 1.82) is 0 Å². The number of hydrogen-bond donors (Lipinski definition) is 0. The summed E-state index contributed by atoms with van der Waals surface area (Å²) < 4.78 is 22.3. The van der Waals surface area contributed by atoms with E-state index in [9.17, 15) is 8.42 Å². The Bertz CT molecular complexity index is 225. The van der Waals surface area contributed by atoms with Gasteiger partial charge in [0, 0.05) is 5.25 Å². The van der Waals surface area contributed by atoms with Crippen molar-refractivity contribution in [3.63, 3.8) is 0 Å². The van der Waals surface area contributed by atoms with E-state index in [0.29, 0.717) is 16.9 Å². The van der Waals surface area contributed by atoms with Crippen LogP contribution >= 0.6 is 10.8 Å². The second kappa shape index (κ2) is 2.66. The minimum Gasteiger partial charge on any atom is -0.217 e. The quantitative estimate of drug-likeness (QED) is 0.547. The van der Waals surface area contributed by atoms with Crippen molar-refractivity contribution in [2.24, 2.45) is 5.92 Å². The van der Waals surface area contributed by atoms with Crippen LogP contribution in [0.2, 0.25) is 0 Å². The molecular formula is C7H12O2S2. The first-order chi connectivity index (χ1) is 5.17. The highest BCUT2D eigenvalue weighted by molar-refractivity contribution is 8.72. The molecule has 2 atom stereocenters. The van der Waals surface area contributed by atoms with Crippen LogP contribution in [0.3, 0.4) is 0 Å². The van der Waals surface area contributed by atoms with Crippen molar-refractivity contribution in [3.05, 3.63) is 0 Å². The molecule has 2 fully saturated rings. The lowest BCUT2D eigenvalue weighted by molar-refractivity contribution is 0.405. The van der Waals surface area contributed by atoms with Gasteiger partial charge in [-0.05, 0) is 29.6 Å². The molecule has 1 saturated carbocycles. The molecule has 1 heterocycles. The maximum Gasteiger partial charge on any atom is 0.202 e. The Morgan fingerprint density at radius 2 is 1.91 bits per heavy atom. The Kier molecular flexibility index (Phi) is 1.92. The zero-order valence-corrected chi connectivity index (χ0v) is 7.96. The third-order valence-corrected chi connectivity index (χ3v) is 6.55. The normalized spacial score (nSPS) is 41.8. The fourth-order valence-electron chi connectivity index (χ4n) is 1.98. The molecule has 0 bridgehead atoms. The lowest BCUT2D eigenvalue weighted by atomic mass is 9.90. The molecule has 2 nitrogen and oxygen atoms in total. The largest absolute Gasteiger partial charge is 0.217 e. The van der Waals surface area contributed by atoms with Crippen molar-refractivity contribution in [3.8, 4) is 0 Å². The highest BCUT2D eigenvalue weighted by Gasteiger charge is 2.39. The van der Waals surface area contributed by atoms with Gasteiger partial charge in [-0.25, -0.2) is 8.42 Å². The molecular weight excluding hydrogens is 180 g/mol. The van der Waals surface area contributed by atoms with Crippen LogP contribution in [0.1, 0.15) is 25.7 Å². The molecule has 0 spiro atoms. The van der Waals surface area contributed by atoms with E-state index in [0.717, 1.165) is 12.8 Å². The lowest BCUT2D eigenvalue weighted by Gasteiger charge is -2.21. The van der Waals surface area contributed by atoms with E-state index in [-0.39, 0.29) is 0 Å². The molecule has 1 saturated heterocycles. The van der Waals surface area contributed by atoms with Crippen LogP contribution in [0, 0.1) is 5.92 Å². The van der Waals surface area contributed by atoms with Gasteiger partial charge in [-0.1, -0.05) is 12.8 Å². The van der Waals surface area contributed by atoms with Gasteiger partial charge in [-0.15, -0.1) is 0 Å². The van der Waals surface area contributed by atoms with Gasteiger partial charge in [0.15, 0.2) is 0 Å². The highest BCUT2D eigenvalue weighted by atomic mass is 33.1. The molecule has 0 aromatic heterocycles. The Labute approximate surface area is 71.1 Å². The van der Waals surface area contributed by atoms with Crippen LogP contribution in [0.25, 0.3) is 0 Å². The molecule has 0 aromatic carbocycles. The molecule has 64 valence electrons. The van der Waals surface area contributed by atoms with Crippen molar-refractivity contribution in [2.75, 3.05) is 5.75 Å². The molecule has 2 aliphatic rings. The summed E-state index contributed by atoms with van der Waals surface area (Å²) in [5, 5.41) is 0.439. The van der Waals surface area contributed by atoms with Crippen molar-refractivity contribution >= 4 is 19.7 Å². The van der Waals surface area contributed by atoms with E-state index in [1.807, 2.05) is 0 Å². The van der Waals surface area contributed by atoms with Gasteiger partial charge in [0.05, 0.1) is 5.75 Å². The first-order valence-electron chi connectivity index (χ1n) is 4.08. The minimum absolute atomic E-state index is 0.439. The fourth-order valence-corrected chi connectivity index (χ4v) is 6.78. The summed E-state index contributed by atoms with van der Waals surface area (Å²) in [5.74, 6) is 0.932. The number of hydrogen-bond acceptors (Lipinski definition) is 3. The van der Waals surface area contributed by atoms with E-state index in [2.05, 4.69) is 0 Å². The average molecular weight is 192 g/mol. The van der Waals surface area contributed by atoms with Crippen molar-refractivity contribution in [2.45, 2.75) is 30.9 Å². The molecule has 1 aliphatic carbocycles. The van der Waals surface area contributed by atoms with Gasteiger partial charge >= 0.3 is 0 Å². The van der Waals surface area contributed by atoms with Gasteiger partial charge in [-0.3, -0.25) is 0 Å². The van der Waals surface area contributed by atoms with Gasteiger partial charge in [0.1, 0.15) is 0 Å². The predicted octanol–water partition coefficient (Wildman–Crippen LogP) is 1.62. The van der Waals surface area contributed by atoms with Crippen LogP contribution in [-0.2, 0) is 8.87 Å². The maximum atomic E-state index is 11.2. The molecule has 4 heteroatoms. The van der Waals surface area contributed by atoms with Crippen LogP contribution in [-0.4, -0.2) is 19.4 Å². The summed E-state index contributed by atoms with van der Waals surface area (Å²) in [6, 6.07) is 0. The van der Waals surface area contributed by atoms with E-state index in [1.54, 1.807) is 0 Å². The SMILES string of the molecule is O=S1(=O)CC2CCCCC2S1. The second-order valence-electron chi connectivity index (χ2n) is 3.40. The standard InChI is InChI=1S/C7H12O2S2/c8-11(9)5-6-3-1-2-4-7(6)10-11/h6-7H,1-5H2. The summed E-state index contributed by atoms with van der Waals surface area (Å²) in [5.41, 5.74) is 0. The first-order valence-corrected chi connectivity index (χ1v) is 7.13. The van der Waals surface area contributed by atoms with Gasteiger partial charge < -0.3 is 0 Å². The molecule has 2 rings (SSSR count). The topological polar surface area (TPSA) is 34.1 Å². The van der Waals surface area contributed by atoms with Crippen LogP contribution < -0.4 is 0 Å². The summed E-state index contributed by atoms with van der Waals surface area (Å²) in [6.45, 7) is 0.